The maximum atomic E-state index is 11.7. The van der Waals surface area contributed by atoms with Gasteiger partial charge in [0, 0.05) is 11.1 Å². The number of nitrogens with one attached hydrogen (secondary N) is 2. The molecule has 1 amide bonds. The van der Waals surface area contributed by atoms with Crippen LogP contribution >= 0.6 is 11.3 Å². The molecule has 1 fully saturated rings. The molecule has 0 unspecified atom stereocenters. The van der Waals surface area contributed by atoms with Crippen molar-refractivity contribution in [1.82, 2.24) is 4.98 Å². The van der Waals surface area contributed by atoms with Gasteiger partial charge in [0.2, 0.25) is 0 Å². The molecule has 0 bridgehead atoms. The van der Waals surface area contributed by atoms with Crippen LogP contribution in [-0.2, 0) is 4.79 Å². The van der Waals surface area contributed by atoms with Gasteiger partial charge < -0.3 is 4.90 Å². The van der Waals surface area contributed by atoms with Gasteiger partial charge in [0.1, 0.15) is 0 Å². The summed E-state index contributed by atoms with van der Waals surface area (Å²) in [7, 11) is 0. The topological polar surface area (TPSA) is 46.4 Å². The van der Waals surface area contributed by atoms with E-state index >= 15 is 0 Å². The largest absolute Gasteiger partial charge is 0.327 e. The van der Waals surface area contributed by atoms with Crippen molar-refractivity contribution in [2.24, 2.45) is 0 Å². The number of likely N-dealkylation sites (tertiary alicyclic amines) is 1. The van der Waals surface area contributed by atoms with Gasteiger partial charge in [-0.25, -0.2) is 4.98 Å². The first-order chi connectivity index (χ1) is 7.74. The van der Waals surface area contributed by atoms with E-state index < -0.39 is 0 Å². The fraction of sp³-hybridized carbons (Fsp3) is 0.636. The first-order valence-corrected chi connectivity index (χ1v) is 6.61. The number of aromatic nitrogens is 1. The van der Waals surface area contributed by atoms with Crippen LogP contribution < -0.4 is 10.2 Å². The number of thiazole rings is 1. The van der Waals surface area contributed by atoms with Gasteiger partial charge in [-0.05, 0) is 26.2 Å². The van der Waals surface area contributed by atoms with Crippen molar-refractivity contribution < 1.29 is 9.69 Å². The van der Waals surface area contributed by atoms with Crippen LogP contribution in [0.3, 0.4) is 0 Å². The van der Waals surface area contributed by atoms with Crippen LogP contribution in [0.5, 0.6) is 0 Å². The molecule has 0 spiro atoms. The average molecular weight is 240 g/mol. The number of piperidine rings is 1. The van der Waals surface area contributed by atoms with Crippen molar-refractivity contribution in [1.29, 1.82) is 0 Å². The molecule has 4 nitrogen and oxygen atoms in total. The summed E-state index contributed by atoms with van der Waals surface area (Å²) in [6.45, 7) is 4.83. The summed E-state index contributed by atoms with van der Waals surface area (Å²) in [4.78, 5) is 18.4. The van der Waals surface area contributed by atoms with E-state index in [1.165, 1.54) is 35.5 Å². The van der Waals surface area contributed by atoms with Gasteiger partial charge in [0.25, 0.3) is 5.91 Å². The van der Waals surface area contributed by atoms with Crippen LogP contribution in [-0.4, -0.2) is 30.5 Å². The molecule has 16 heavy (non-hydrogen) atoms. The molecule has 0 atom stereocenters. The molecule has 1 aliphatic rings. The van der Waals surface area contributed by atoms with E-state index in [2.05, 4.69) is 10.3 Å². The SMILES string of the molecule is Cc1cnc(NC(=O)C[NH+]2CCCCC2)s1. The third kappa shape index (κ3) is 3.28. The molecule has 1 aromatic rings. The van der Waals surface area contributed by atoms with E-state index in [0.717, 1.165) is 23.1 Å². The van der Waals surface area contributed by atoms with Crippen molar-refractivity contribution in [2.45, 2.75) is 26.2 Å². The van der Waals surface area contributed by atoms with Gasteiger partial charge in [-0.2, -0.15) is 0 Å². The van der Waals surface area contributed by atoms with Gasteiger partial charge in [-0.1, -0.05) is 0 Å². The van der Waals surface area contributed by atoms with E-state index in [-0.39, 0.29) is 5.91 Å². The summed E-state index contributed by atoms with van der Waals surface area (Å²) in [6.07, 6.45) is 5.60. The maximum absolute atomic E-state index is 11.7. The lowest BCUT2D eigenvalue weighted by molar-refractivity contribution is -0.896. The number of amides is 1. The van der Waals surface area contributed by atoms with Crippen molar-refractivity contribution in [3.05, 3.63) is 11.1 Å². The highest BCUT2D eigenvalue weighted by atomic mass is 32.1. The second-order valence-corrected chi connectivity index (χ2v) is 5.55. The number of carbonyl (C=O) groups excluding carboxylic acids is 1. The molecular formula is C11H18N3OS+. The number of anilines is 1. The summed E-state index contributed by atoms with van der Waals surface area (Å²) < 4.78 is 0. The molecular weight excluding hydrogens is 222 g/mol. The lowest BCUT2D eigenvalue weighted by Crippen LogP contribution is -3.13. The maximum Gasteiger partial charge on any atom is 0.281 e. The average Bonchev–Trinajstić information content (AvgIpc) is 2.65. The zero-order chi connectivity index (χ0) is 11.4. The summed E-state index contributed by atoms with van der Waals surface area (Å²) in [6, 6.07) is 0. The molecule has 88 valence electrons. The second-order valence-electron chi connectivity index (χ2n) is 4.31. The third-order valence-electron chi connectivity index (χ3n) is 2.84. The van der Waals surface area contributed by atoms with E-state index in [1.807, 2.05) is 6.92 Å². The summed E-state index contributed by atoms with van der Waals surface area (Å²) in [5, 5.41) is 3.58. The van der Waals surface area contributed by atoms with Gasteiger partial charge in [0.15, 0.2) is 11.7 Å². The first-order valence-electron chi connectivity index (χ1n) is 5.80. The Hall–Kier alpha value is -0.940. The summed E-state index contributed by atoms with van der Waals surface area (Å²) in [5.41, 5.74) is 0. The smallest absolute Gasteiger partial charge is 0.281 e. The number of quaternary nitrogens is 1. The Kier molecular flexibility index (Phi) is 3.90. The number of nitrogens with zero attached hydrogens (tertiary/aromatic N) is 1. The zero-order valence-corrected chi connectivity index (χ0v) is 10.4. The third-order valence-corrected chi connectivity index (χ3v) is 3.67. The molecule has 2 N–H and O–H groups in total. The Labute approximate surface area is 99.7 Å². The Morgan fingerprint density at radius 3 is 2.88 bits per heavy atom. The highest BCUT2D eigenvalue weighted by molar-refractivity contribution is 7.15. The number of carbonyl (C=O) groups is 1. The fourth-order valence-corrected chi connectivity index (χ4v) is 2.71. The molecule has 0 radical (unpaired) electrons. The normalized spacial score (nSPS) is 17.3. The van der Waals surface area contributed by atoms with E-state index in [1.54, 1.807) is 6.20 Å². The number of hydrogen-bond donors (Lipinski definition) is 2. The van der Waals surface area contributed by atoms with Gasteiger partial charge in [-0.15, -0.1) is 11.3 Å². The fourth-order valence-electron chi connectivity index (χ4n) is 2.03. The molecule has 1 saturated heterocycles. The zero-order valence-electron chi connectivity index (χ0n) is 9.58. The van der Waals surface area contributed by atoms with Crippen LogP contribution in [0.4, 0.5) is 5.13 Å². The molecule has 0 aliphatic carbocycles. The summed E-state index contributed by atoms with van der Waals surface area (Å²) >= 11 is 1.53. The highest BCUT2D eigenvalue weighted by Crippen LogP contribution is 2.15. The van der Waals surface area contributed by atoms with Crippen LogP contribution in [0, 0.1) is 6.92 Å². The van der Waals surface area contributed by atoms with Crippen molar-refractivity contribution >= 4 is 22.4 Å². The summed E-state index contributed by atoms with van der Waals surface area (Å²) in [5.74, 6) is 0.0891. The van der Waals surface area contributed by atoms with Crippen LogP contribution in [0.25, 0.3) is 0 Å². The number of hydrogen-bond acceptors (Lipinski definition) is 3. The van der Waals surface area contributed by atoms with E-state index in [0.29, 0.717) is 6.54 Å². The van der Waals surface area contributed by atoms with E-state index in [4.69, 9.17) is 0 Å². The molecule has 2 rings (SSSR count). The predicted molar refractivity (Wildman–Crippen MR) is 64.9 cm³/mol. The lowest BCUT2D eigenvalue weighted by atomic mass is 10.1. The Morgan fingerprint density at radius 2 is 2.25 bits per heavy atom. The number of aryl methyl sites for hydroxylation is 1. The minimum Gasteiger partial charge on any atom is -0.327 e. The van der Waals surface area contributed by atoms with Crippen molar-refractivity contribution in [2.75, 3.05) is 25.0 Å². The second kappa shape index (κ2) is 5.41. The van der Waals surface area contributed by atoms with Crippen molar-refractivity contribution in [3.63, 3.8) is 0 Å². The molecule has 0 aromatic carbocycles. The minimum absolute atomic E-state index is 0.0891. The monoisotopic (exact) mass is 240 g/mol. The van der Waals surface area contributed by atoms with Crippen LogP contribution in [0.2, 0.25) is 0 Å². The molecule has 5 heteroatoms. The lowest BCUT2D eigenvalue weighted by Gasteiger charge is -2.22. The first kappa shape index (κ1) is 11.5. The predicted octanol–water partition coefficient (Wildman–Crippen LogP) is 0.459. The van der Waals surface area contributed by atoms with Crippen LogP contribution in [0.15, 0.2) is 6.20 Å². The molecule has 1 aromatic heterocycles. The van der Waals surface area contributed by atoms with Gasteiger partial charge >= 0.3 is 0 Å². The van der Waals surface area contributed by atoms with Gasteiger partial charge in [0.05, 0.1) is 13.1 Å². The Balaban J connectivity index is 1.79. The molecule has 0 saturated carbocycles. The molecule has 2 heterocycles. The molecule has 1 aliphatic heterocycles. The highest BCUT2D eigenvalue weighted by Gasteiger charge is 2.17. The Bertz CT molecular complexity index is 358. The Morgan fingerprint density at radius 1 is 1.50 bits per heavy atom. The van der Waals surface area contributed by atoms with E-state index in [9.17, 15) is 4.79 Å². The standard InChI is InChI=1S/C11H17N3OS/c1-9-7-12-11(16-9)13-10(15)8-14-5-3-2-4-6-14/h7H,2-6,8H2,1H3,(H,12,13,15)/p+1. The van der Waals surface area contributed by atoms with Crippen LogP contribution in [0.1, 0.15) is 24.1 Å². The quantitative estimate of drug-likeness (QED) is 0.806. The minimum atomic E-state index is 0.0891. The number of rotatable bonds is 3. The van der Waals surface area contributed by atoms with Gasteiger partial charge in [-0.3, -0.25) is 10.1 Å². The van der Waals surface area contributed by atoms with Crippen molar-refractivity contribution in [3.8, 4) is 0 Å².